The van der Waals surface area contributed by atoms with Crippen LogP contribution in [0.3, 0.4) is 0 Å². The van der Waals surface area contributed by atoms with Crippen molar-refractivity contribution in [3.63, 3.8) is 0 Å². The maximum absolute atomic E-state index is 12.8. The van der Waals surface area contributed by atoms with Gasteiger partial charge in [-0.25, -0.2) is 0 Å². The number of methoxy groups -OCH3 is 2. The Morgan fingerprint density at radius 3 is 2.31 bits per heavy atom. The van der Waals surface area contributed by atoms with Gasteiger partial charge in [0.15, 0.2) is 0 Å². The summed E-state index contributed by atoms with van der Waals surface area (Å²) in [6.07, 6.45) is 2.52. The Morgan fingerprint density at radius 1 is 1.07 bits per heavy atom. The van der Waals surface area contributed by atoms with Crippen LogP contribution in [-0.2, 0) is 11.3 Å². The Hall–Kier alpha value is -2.95. The highest BCUT2D eigenvalue weighted by Gasteiger charge is 2.24. The third kappa shape index (κ3) is 4.56. The first-order chi connectivity index (χ1) is 14.0. The zero-order valence-corrected chi connectivity index (χ0v) is 17.9. The number of ether oxygens (including phenoxy) is 2. The van der Waals surface area contributed by atoms with Crippen LogP contribution in [-0.4, -0.2) is 30.7 Å². The van der Waals surface area contributed by atoms with Crippen molar-refractivity contribution in [2.45, 2.75) is 45.7 Å². The molecule has 5 nitrogen and oxygen atoms in total. The number of rotatable bonds is 8. The molecule has 2 aromatic carbocycles. The van der Waals surface area contributed by atoms with Gasteiger partial charge in [-0.05, 0) is 50.1 Å². The van der Waals surface area contributed by atoms with Gasteiger partial charge in [0.05, 0.1) is 14.2 Å². The van der Waals surface area contributed by atoms with Gasteiger partial charge in [-0.15, -0.1) is 0 Å². The molecule has 0 fully saturated rings. The van der Waals surface area contributed by atoms with E-state index in [1.54, 1.807) is 14.2 Å². The van der Waals surface area contributed by atoms with Gasteiger partial charge in [0.1, 0.15) is 11.5 Å². The predicted molar refractivity (Wildman–Crippen MR) is 117 cm³/mol. The minimum Gasteiger partial charge on any atom is -0.497 e. The molecule has 1 amide bonds. The van der Waals surface area contributed by atoms with E-state index in [0.29, 0.717) is 17.9 Å². The van der Waals surface area contributed by atoms with Crippen LogP contribution in [0.1, 0.15) is 44.2 Å². The summed E-state index contributed by atoms with van der Waals surface area (Å²) in [7, 11) is 3.28. The van der Waals surface area contributed by atoms with E-state index in [2.05, 4.69) is 35.1 Å². The number of carbonyl (C=O) groups is 1. The first-order valence-electron chi connectivity index (χ1n) is 10.1. The van der Waals surface area contributed by atoms with Crippen LogP contribution in [0.5, 0.6) is 11.5 Å². The first-order valence-corrected chi connectivity index (χ1v) is 10.1. The molecule has 1 aromatic heterocycles. The highest BCUT2D eigenvalue weighted by Crippen LogP contribution is 2.37. The van der Waals surface area contributed by atoms with Gasteiger partial charge in [-0.2, -0.15) is 0 Å². The van der Waals surface area contributed by atoms with Crippen molar-refractivity contribution in [3.05, 3.63) is 59.8 Å². The van der Waals surface area contributed by atoms with Gasteiger partial charge < -0.3 is 19.4 Å². The fraction of sp³-hybridized carbons (Fsp3) is 0.375. The van der Waals surface area contributed by atoms with Crippen molar-refractivity contribution < 1.29 is 14.3 Å². The molecule has 0 spiro atoms. The molecule has 0 saturated carbocycles. The third-order valence-corrected chi connectivity index (χ3v) is 5.15. The monoisotopic (exact) mass is 394 g/mol. The highest BCUT2D eigenvalue weighted by atomic mass is 16.5. The molecule has 0 aliphatic carbocycles. The molecule has 1 N–H and O–H groups in total. The molecule has 154 valence electrons. The minimum atomic E-state index is -0.115. The second kappa shape index (κ2) is 9.03. The topological polar surface area (TPSA) is 52.5 Å². The molecular weight excluding hydrogens is 364 g/mol. The maximum atomic E-state index is 12.8. The lowest BCUT2D eigenvalue weighted by atomic mass is 9.87. The van der Waals surface area contributed by atoms with Crippen LogP contribution in [0.2, 0.25) is 0 Å². The lowest BCUT2D eigenvalue weighted by molar-refractivity contribution is -0.121. The van der Waals surface area contributed by atoms with Gasteiger partial charge in [-0.1, -0.05) is 18.2 Å². The zero-order valence-electron chi connectivity index (χ0n) is 17.9. The number of nitrogens with zero attached hydrogens (tertiary/aromatic N) is 1. The number of benzene rings is 2. The van der Waals surface area contributed by atoms with E-state index in [0.717, 1.165) is 17.7 Å². The van der Waals surface area contributed by atoms with Crippen LogP contribution in [0, 0.1) is 0 Å². The van der Waals surface area contributed by atoms with Crippen LogP contribution in [0.15, 0.2) is 48.7 Å². The maximum Gasteiger partial charge on any atom is 0.221 e. The smallest absolute Gasteiger partial charge is 0.221 e. The second-order valence-corrected chi connectivity index (χ2v) is 7.51. The Kier molecular flexibility index (Phi) is 6.47. The molecule has 29 heavy (non-hydrogen) atoms. The Balaban J connectivity index is 2.16. The standard InChI is InChI=1S/C24H30N2O3/c1-6-26-15-22(20-9-7-8-10-23(20)26)21(14-24(27)25-16(2)3)17-11-18(28-4)13-19(12-17)29-5/h7-13,15-16,21H,6,14H2,1-5H3,(H,25,27). The van der Waals surface area contributed by atoms with Crippen molar-refractivity contribution in [1.82, 2.24) is 9.88 Å². The van der Waals surface area contributed by atoms with E-state index in [9.17, 15) is 4.79 Å². The molecule has 1 unspecified atom stereocenters. The average molecular weight is 395 g/mol. The number of hydrogen-bond acceptors (Lipinski definition) is 3. The lowest BCUT2D eigenvalue weighted by Gasteiger charge is -2.20. The number of aryl methyl sites for hydroxylation is 1. The molecule has 0 aliphatic rings. The van der Waals surface area contributed by atoms with Crippen LogP contribution in [0.25, 0.3) is 10.9 Å². The van der Waals surface area contributed by atoms with E-state index in [1.165, 1.54) is 10.9 Å². The lowest BCUT2D eigenvalue weighted by Crippen LogP contribution is -2.31. The highest BCUT2D eigenvalue weighted by molar-refractivity contribution is 5.86. The van der Waals surface area contributed by atoms with E-state index in [1.807, 2.05) is 44.2 Å². The molecule has 0 bridgehead atoms. The molecule has 3 rings (SSSR count). The summed E-state index contributed by atoms with van der Waals surface area (Å²) in [5, 5.41) is 4.20. The normalized spacial score (nSPS) is 12.2. The molecule has 0 radical (unpaired) electrons. The third-order valence-electron chi connectivity index (χ3n) is 5.15. The molecule has 1 atom stereocenters. The van der Waals surface area contributed by atoms with E-state index in [-0.39, 0.29) is 17.9 Å². The Morgan fingerprint density at radius 2 is 1.72 bits per heavy atom. The molecule has 0 saturated heterocycles. The fourth-order valence-corrected chi connectivity index (χ4v) is 3.82. The van der Waals surface area contributed by atoms with E-state index < -0.39 is 0 Å². The summed E-state index contributed by atoms with van der Waals surface area (Å²) in [6.45, 7) is 6.95. The predicted octanol–water partition coefficient (Wildman–Crippen LogP) is 4.73. The summed E-state index contributed by atoms with van der Waals surface area (Å²) in [6, 6.07) is 14.3. The largest absolute Gasteiger partial charge is 0.497 e. The second-order valence-electron chi connectivity index (χ2n) is 7.51. The summed E-state index contributed by atoms with van der Waals surface area (Å²) < 4.78 is 13.2. The average Bonchev–Trinajstić information content (AvgIpc) is 3.09. The first kappa shape index (κ1) is 20.8. The van der Waals surface area contributed by atoms with Crippen molar-refractivity contribution in [2.24, 2.45) is 0 Å². The summed E-state index contributed by atoms with van der Waals surface area (Å²) in [5.74, 6) is 1.34. The Bertz CT molecular complexity index is 969. The zero-order chi connectivity index (χ0) is 21.0. The molecule has 0 aliphatic heterocycles. The van der Waals surface area contributed by atoms with Gasteiger partial charge >= 0.3 is 0 Å². The van der Waals surface area contributed by atoms with Crippen LogP contribution in [0.4, 0.5) is 0 Å². The van der Waals surface area contributed by atoms with Crippen molar-refractivity contribution in [2.75, 3.05) is 14.2 Å². The van der Waals surface area contributed by atoms with Crippen molar-refractivity contribution in [3.8, 4) is 11.5 Å². The summed E-state index contributed by atoms with van der Waals surface area (Å²) in [4.78, 5) is 12.8. The van der Waals surface area contributed by atoms with Crippen LogP contribution < -0.4 is 14.8 Å². The fourth-order valence-electron chi connectivity index (χ4n) is 3.82. The number of para-hydroxylation sites is 1. The quantitative estimate of drug-likeness (QED) is 0.601. The number of carbonyl (C=O) groups excluding carboxylic acids is 1. The van der Waals surface area contributed by atoms with Gasteiger partial charge in [-0.3, -0.25) is 4.79 Å². The summed E-state index contributed by atoms with van der Waals surface area (Å²) in [5.41, 5.74) is 3.31. The minimum absolute atomic E-state index is 0.0279. The number of aromatic nitrogens is 1. The molecular formula is C24H30N2O3. The van der Waals surface area contributed by atoms with Crippen molar-refractivity contribution >= 4 is 16.8 Å². The number of hydrogen-bond donors (Lipinski definition) is 1. The van der Waals surface area contributed by atoms with E-state index in [4.69, 9.17) is 9.47 Å². The molecule has 5 heteroatoms. The number of amides is 1. The molecule has 3 aromatic rings. The van der Waals surface area contributed by atoms with Crippen molar-refractivity contribution in [1.29, 1.82) is 0 Å². The van der Waals surface area contributed by atoms with E-state index >= 15 is 0 Å². The van der Waals surface area contributed by atoms with Gasteiger partial charge in [0.25, 0.3) is 0 Å². The van der Waals surface area contributed by atoms with Crippen LogP contribution >= 0.6 is 0 Å². The van der Waals surface area contributed by atoms with Gasteiger partial charge in [0, 0.05) is 48.1 Å². The van der Waals surface area contributed by atoms with Gasteiger partial charge in [0.2, 0.25) is 5.91 Å². The Labute approximate surface area is 172 Å². The number of fused-ring (bicyclic) bond motifs is 1. The SMILES string of the molecule is CCn1cc(C(CC(=O)NC(C)C)c2cc(OC)cc(OC)c2)c2ccccc21. The number of nitrogens with one attached hydrogen (secondary N) is 1. The molecule has 1 heterocycles. The summed E-state index contributed by atoms with van der Waals surface area (Å²) >= 11 is 0.